The highest BCUT2D eigenvalue weighted by Gasteiger charge is 1.72. The van der Waals surface area contributed by atoms with Gasteiger partial charge in [-0.3, -0.25) is 4.79 Å². The SMILES string of the molecule is O.O=C(Cl)Cl.SCl. The van der Waals surface area contributed by atoms with Gasteiger partial charge in [-0.15, -0.1) is 0 Å². The van der Waals surface area contributed by atoms with Gasteiger partial charge in [-0.2, -0.15) is 0 Å². The Kier molecular flexibility index (Phi) is 35.4. The molecule has 0 rings (SSSR count). The number of carbonyl (C=O) groups is 1. The molecule has 0 heterocycles. The molecule has 0 amide bonds. The Morgan fingerprint density at radius 2 is 1.29 bits per heavy atom. The lowest BCUT2D eigenvalue weighted by Gasteiger charge is -1.48. The Labute approximate surface area is 61.0 Å². The Morgan fingerprint density at radius 1 is 1.29 bits per heavy atom. The van der Waals surface area contributed by atoms with E-state index in [1.54, 1.807) is 0 Å². The van der Waals surface area contributed by atoms with Crippen LogP contribution >= 0.6 is 45.7 Å². The third-order valence-corrected chi connectivity index (χ3v) is 0. The van der Waals surface area contributed by atoms with Gasteiger partial charge >= 0.3 is 4.70 Å². The van der Waals surface area contributed by atoms with Crippen molar-refractivity contribution >= 4 is 50.4 Å². The van der Waals surface area contributed by atoms with Gasteiger partial charge in [0.1, 0.15) is 0 Å². The molecule has 2 N–H and O–H groups in total. The molecule has 0 fully saturated rings. The zero-order valence-electron chi connectivity index (χ0n) is 2.99. The van der Waals surface area contributed by atoms with Crippen molar-refractivity contribution in [2.45, 2.75) is 0 Å². The summed E-state index contributed by atoms with van der Waals surface area (Å²) in [5.74, 6) is 0. The van der Waals surface area contributed by atoms with Crippen LogP contribution in [0.4, 0.5) is 4.79 Å². The molecule has 0 radical (unpaired) electrons. The van der Waals surface area contributed by atoms with Crippen molar-refractivity contribution < 1.29 is 10.3 Å². The summed E-state index contributed by atoms with van der Waals surface area (Å²) in [6, 6.07) is 0. The van der Waals surface area contributed by atoms with E-state index in [0.717, 1.165) is 0 Å². The third-order valence-electron chi connectivity index (χ3n) is 0. The van der Waals surface area contributed by atoms with Crippen molar-refractivity contribution in [1.29, 1.82) is 0 Å². The molecule has 0 unspecified atom stereocenters. The fourth-order valence-electron chi connectivity index (χ4n) is 0. The van der Waals surface area contributed by atoms with Crippen LogP contribution in [0.1, 0.15) is 0 Å². The molecular formula is CH3Cl3O2S. The molecule has 0 saturated heterocycles. The average molecular weight is 185 g/mol. The summed E-state index contributed by atoms with van der Waals surface area (Å²) >= 11 is 11.8. The van der Waals surface area contributed by atoms with Gasteiger partial charge in [0.05, 0.1) is 0 Å². The highest BCUT2D eigenvalue weighted by molar-refractivity contribution is 8.05. The molecule has 0 bridgehead atoms. The van der Waals surface area contributed by atoms with E-state index >= 15 is 0 Å². The van der Waals surface area contributed by atoms with Crippen LogP contribution in [-0.4, -0.2) is 10.2 Å². The van der Waals surface area contributed by atoms with E-state index in [2.05, 4.69) is 45.7 Å². The Balaban J connectivity index is -0.0000000480. The van der Waals surface area contributed by atoms with Gasteiger partial charge in [-0.25, -0.2) is 0 Å². The highest BCUT2D eigenvalue weighted by atomic mass is 35.7. The van der Waals surface area contributed by atoms with Crippen LogP contribution in [0, 0.1) is 0 Å². The van der Waals surface area contributed by atoms with Crippen molar-refractivity contribution in [1.82, 2.24) is 0 Å². The zero-order chi connectivity index (χ0) is 5.58. The lowest BCUT2D eigenvalue weighted by molar-refractivity contribution is 0.275. The van der Waals surface area contributed by atoms with Gasteiger partial charge in [0.2, 0.25) is 0 Å². The molecule has 0 aliphatic rings. The fourth-order valence-corrected chi connectivity index (χ4v) is 0. The van der Waals surface area contributed by atoms with Gasteiger partial charge in [0.25, 0.3) is 0 Å². The summed E-state index contributed by atoms with van der Waals surface area (Å²) in [5.41, 5.74) is 0. The van der Waals surface area contributed by atoms with Crippen molar-refractivity contribution in [2.24, 2.45) is 0 Å². The third kappa shape index (κ3) is 223. The smallest absolute Gasteiger partial charge is 0.313 e. The predicted octanol–water partition coefficient (Wildman–Crippen LogP) is 1.83. The minimum atomic E-state index is -0.889. The van der Waals surface area contributed by atoms with Crippen LogP contribution in [0.3, 0.4) is 0 Å². The molecule has 0 spiro atoms. The second-order valence-corrected chi connectivity index (χ2v) is 1.11. The van der Waals surface area contributed by atoms with E-state index in [9.17, 15) is 0 Å². The molecule has 0 atom stereocenters. The first-order valence-electron chi connectivity index (χ1n) is 0.751. The molecule has 2 nitrogen and oxygen atoms in total. The second-order valence-electron chi connectivity index (χ2n) is 0.226. The van der Waals surface area contributed by atoms with E-state index in [0.29, 0.717) is 0 Å². The molecule has 0 aromatic rings. The molecule has 6 heteroatoms. The Morgan fingerprint density at radius 3 is 1.29 bits per heavy atom. The van der Waals surface area contributed by atoms with Crippen molar-refractivity contribution in [3.05, 3.63) is 0 Å². The molecule has 46 valence electrons. The van der Waals surface area contributed by atoms with Crippen LogP contribution in [0.25, 0.3) is 0 Å². The zero-order valence-corrected chi connectivity index (χ0v) is 6.15. The van der Waals surface area contributed by atoms with Gasteiger partial charge < -0.3 is 5.48 Å². The van der Waals surface area contributed by atoms with Crippen LogP contribution in [-0.2, 0) is 0 Å². The first-order chi connectivity index (χ1) is 2.73. The first kappa shape index (κ1) is 15.7. The topological polar surface area (TPSA) is 48.6 Å². The summed E-state index contributed by atoms with van der Waals surface area (Å²) in [6.45, 7) is 0. The maximum Gasteiger partial charge on any atom is 0.313 e. The largest absolute Gasteiger partial charge is 0.412 e. The van der Waals surface area contributed by atoms with E-state index < -0.39 is 4.70 Å². The molecule has 0 saturated carbocycles. The van der Waals surface area contributed by atoms with E-state index in [4.69, 9.17) is 4.79 Å². The molecule has 0 aromatic carbocycles. The van der Waals surface area contributed by atoms with Crippen LogP contribution in [0.2, 0.25) is 0 Å². The normalized spacial score (nSPS) is 4.57. The van der Waals surface area contributed by atoms with E-state index in [-0.39, 0.29) is 5.48 Å². The van der Waals surface area contributed by atoms with Crippen molar-refractivity contribution in [2.75, 3.05) is 0 Å². The summed E-state index contributed by atoms with van der Waals surface area (Å²) in [5, 5.41) is 0. The molecule has 7 heavy (non-hydrogen) atoms. The molecule has 0 aliphatic heterocycles. The monoisotopic (exact) mass is 184 g/mol. The fraction of sp³-hybridized carbons (Fsp3) is 0. The minimum absolute atomic E-state index is 0. The van der Waals surface area contributed by atoms with Crippen LogP contribution < -0.4 is 0 Å². The summed E-state index contributed by atoms with van der Waals surface area (Å²) in [7, 11) is 4.33. The number of hydrogen-bond acceptors (Lipinski definition) is 2. The summed E-state index contributed by atoms with van der Waals surface area (Å²) in [6.07, 6.45) is 0. The lowest BCUT2D eigenvalue weighted by atomic mass is 11.8. The van der Waals surface area contributed by atoms with Gasteiger partial charge in [0, 0.05) is 0 Å². The lowest BCUT2D eigenvalue weighted by Crippen LogP contribution is -1.46. The van der Waals surface area contributed by atoms with E-state index in [1.165, 1.54) is 0 Å². The number of thiol groups is 1. The predicted molar refractivity (Wildman–Crippen MR) is 35.6 cm³/mol. The number of hydrogen-bond donors (Lipinski definition) is 1. The average Bonchev–Trinajstić information content (AvgIpc) is 1.41. The van der Waals surface area contributed by atoms with Gasteiger partial charge in [-0.05, 0) is 33.9 Å². The quantitative estimate of drug-likeness (QED) is 0.454. The first-order valence-corrected chi connectivity index (χ1v) is 2.86. The Hall–Kier alpha value is 0.850. The molecular weight excluding hydrogens is 182 g/mol. The summed E-state index contributed by atoms with van der Waals surface area (Å²) in [4.78, 5) is 8.98. The number of halogens is 3. The highest BCUT2D eigenvalue weighted by Crippen LogP contribution is 1.84. The summed E-state index contributed by atoms with van der Waals surface area (Å²) < 4.78 is -0.889. The second kappa shape index (κ2) is 15.8. The standard InChI is InChI=1S/CCl2O.ClHS.H2O/c2-1(3)4;1-2;/h;2H;1H2. The van der Waals surface area contributed by atoms with Gasteiger partial charge in [-0.1, -0.05) is 11.8 Å². The van der Waals surface area contributed by atoms with E-state index in [1.807, 2.05) is 0 Å². The van der Waals surface area contributed by atoms with Crippen molar-refractivity contribution in [3.63, 3.8) is 0 Å². The minimum Gasteiger partial charge on any atom is -0.412 e. The van der Waals surface area contributed by atoms with Crippen molar-refractivity contribution in [3.8, 4) is 0 Å². The van der Waals surface area contributed by atoms with Gasteiger partial charge in [0.15, 0.2) is 0 Å². The molecule has 0 aromatic heterocycles. The Bertz CT molecular complexity index is 35.9. The number of rotatable bonds is 0. The van der Waals surface area contributed by atoms with Crippen LogP contribution in [0.5, 0.6) is 0 Å². The maximum atomic E-state index is 8.98. The molecule has 0 aliphatic carbocycles. The number of carbonyl (C=O) groups excluding carboxylic acids is 1. The van der Waals surface area contributed by atoms with Crippen LogP contribution in [0.15, 0.2) is 0 Å². The maximum absolute atomic E-state index is 8.98.